The fourth-order valence-electron chi connectivity index (χ4n) is 2.89. The first-order valence-electron chi connectivity index (χ1n) is 8.47. The number of nitrogens with zero attached hydrogens (tertiary/aromatic N) is 2. The van der Waals surface area contributed by atoms with Crippen molar-refractivity contribution < 1.29 is 9.53 Å². The molecule has 134 valence electrons. The van der Waals surface area contributed by atoms with Gasteiger partial charge in [-0.2, -0.15) is 5.10 Å². The van der Waals surface area contributed by atoms with Crippen molar-refractivity contribution in [3.63, 3.8) is 0 Å². The molecule has 0 aliphatic heterocycles. The Labute approximate surface area is 158 Å². The molecule has 1 heterocycles. The van der Waals surface area contributed by atoms with Crippen LogP contribution in [0.25, 0.3) is 0 Å². The average Bonchev–Trinajstić information content (AvgIpc) is 2.91. The zero-order chi connectivity index (χ0) is 18.7. The first kappa shape index (κ1) is 18.2. The van der Waals surface area contributed by atoms with Crippen LogP contribution in [0.1, 0.15) is 32.9 Å². The van der Waals surface area contributed by atoms with Gasteiger partial charge in [0.05, 0.1) is 5.69 Å². The first-order chi connectivity index (χ1) is 12.5. The summed E-state index contributed by atoms with van der Waals surface area (Å²) < 4.78 is 7.05. The maximum atomic E-state index is 12.6. The van der Waals surface area contributed by atoms with Crippen LogP contribution < -0.4 is 4.74 Å². The fourth-order valence-corrected chi connectivity index (χ4v) is 3.00. The van der Waals surface area contributed by atoms with Gasteiger partial charge in [-0.25, -0.2) is 4.68 Å². The van der Waals surface area contributed by atoms with E-state index in [0.717, 1.165) is 28.9 Å². The topological polar surface area (TPSA) is 44.1 Å². The molecular formula is C21H21ClN2O2. The summed E-state index contributed by atoms with van der Waals surface area (Å²) in [4.78, 5) is 12.6. The lowest BCUT2D eigenvalue weighted by Crippen LogP contribution is -2.21. The molecule has 0 saturated heterocycles. The Morgan fingerprint density at radius 3 is 2.54 bits per heavy atom. The summed E-state index contributed by atoms with van der Waals surface area (Å²) in [6, 6.07) is 15.5. The molecular weight excluding hydrogens is 348 g/mol. The van der Waals surface area contributed by atoms with E-state index in [1.54, 1.807) is 12.1 Å². The number of aryl methyl sites for hydroxylation is 2. The first-order valence-corrected chi connectivity index (χ1v) is 8.84. The second-order valence-corrected chi connectivity index (χ2v) is 6.72. The quantitative estimate of drug-likeness (QED) is 0.651. The number of carbonyl (C=O) groups is 1. The Hall–Kier alpha value is -2.59. The van der Waals surface area contributed by atoms with E-state index >= 15 is 0 Å². The maximum absolute atomic E-state index is 12.6. The Balaban J connectivity index is 1.73. The number of hydrogen-bond acceptors (Lipinski definition) is 3. The molecule has 0 amide bonds. The number of aromatic nitrogens is 2. The van der Waals surface area contributed by atoms with Gasteiger partial charge < -0.3 is 4.74 Å². The van der Waals surface area contributed by atoms with Crippen molar-refractivity contribution in [2.45, 2.75) is 27.2 Å². The molecule has 0 aliphatic rings. The van der Waals surface area contributed by atoms with Gasteiger partial charge in [-0.15, -0.1) is 0 Å². The zero-order valence-electron chi connectivity index (χ0n) is 15.1. The second kappa shape index (κ2) is 7.75. The normalized spacial score (nSPS) is 10.8. The SMILES string of the molecule is Cc1cc(OCC(=O)n2nc(C)c(Cc3ccccc3)c2C)ccc1Cl. The highest BCUT2D eigenvalue weighted by Crippen LogP contribution is 2.21. The third-order valence-corrected chi connectivity index (χ3v) is 4.82. The summed E-state index contributed by atoms with van der Waals surface area (Å²) in [5.41, 5.74) is 4.90. The largest absolute Gasteiger partial charge is 0.484 e. The fraction of sp³-hybridized carbons (Fsp3) is 0.238. The van der Waals surface area contributed by atoms with Crippen LogP contribution in [0, 0.1) is 20.8 Å². The highest BCUT2D eigenvalue weighted by molar-refractivity contribution is 6.31. The van der Waals surface area contributed by atoms with Gasteiger partial charge in [-0.3, -0.25) is 4.79 Å². The number of benzene rings is 2. The van der Waals surface area contributed by atoms with Gasteiger partial charge in [0.1, 0.15) is 5.75 Å². The molecule has 0 saturated carbocycles. The van der Waals surface area contributed by atoms with E-state index in [-0.39, 0.29) is 12.5 Å². The van der Waals surface area contributed by atoms with E-state index in [9.17, 15) is 4.79 Å². The molecule has 5 heteroatoms. The lowest BCUT2D eigenvalue weighted by Gasteiger charge is -2.08. The van der Waals surface area contributed by atoms with E-state index in [4.69, 9.17) is 16.3 Å². The van der Waals surface area contributed by atoms with Gasteiger partial charge in [0.2, 0.25) is 0 Å². The highest BCUT2D eigenvalue weighted by Gasteiger charge is 2.17. The molecule has 0 spiro atoms. The summed E-state index contributed by atoms with van der Waals surface area (Å²) in [6.45, 7) is 5.67. The number of carbonyl (C=O) groups excluding carboxylic acids is 1. The summed E-state index contributed by atoms with van der Waals surface area (Å²) in [5.74, 6) is 0.420. The van der Waals surface area contributed by atoms with Crippen LogP contribution in [-0.2, 0) is 6.42 Å². The summed E-state index contributed by atoms with van der Waals surface area (Å²) in [6.07, 6.45) is 0.753. The summed E-state index contributed by atoms with van der Waals surface area (Å²) in [5, 5.41) is 5.09. The number of hydrogen-bond donors (Lipinski definition) is 0. The van der Waals surface area contributed by atoms with Gasteiger partial charge in [0, 0.05) is 22.7 Å². The molecule has 3 aromatic rings. The molecule has 4 nitrogen and oxygen atoms in total. The number of halogens is 1. The van der Waals surface area contributed by atoms with Gasteiger partial charge in [-0.1, -0.05) is 41.9 Å². The molecule has 0 bridgehead atoms. The Morgan fingerprint density at radius 1 is 1.12 bits per heavy atom. The van der Waals surface area contributed by atoms with Crippen molar-refractivity contribution in [1.82, 2.24) is 9.78 Å². The Kier molecular flexibility index (Phi) is 5.43. The van der Waals surface area contributed by atoms with Crippen LogP contribution in [0.5, 0.6) is 5.75 Å². The van der Waals surface area contributed by atoms with Crippen molar-refractivity contribution >= 4 is 17.5 Å². The molecule has 26 heavy (non-hydrogen) atoms. The molecule has 1 aromatic heterocycles. The predicted octanol–water partition coefficient (Wildman–Crippen LogP) is 4.77. The highest BCUT2D eigenvalue weighted by atomic mass is 35.5. The second-order valence-electron chi connectivity index (χ2n) is 6.32. The maximum Gasteiger partial charge on any atom is 0.284 e. The molecule has 0 unspecified atom stereocenters. The van der Waals surface area contributed by atoms with E-state index in [1.807, 2.05) is 45.0 Å². The van der Waals surface area contributed by atoms with Crippen molar-refractivity contribution in [3.8, 4) is 5.75 Å². The zero-order valence-corrected chi connectivity index (χ0v) is 15.9. The molecule has 0 radical (unpaired) electrons. The standard InChI is InChI=1S/C21H21ClN2O2/c1-14-11-18(9-10-20(14)22)26-13-21(25)24-16(3)19(15(2)23-24)12-17-7-5-4-6-8-17/h4-11H,12-13H2,1-3H3. The third-order valence-electron chi connectivity index (χ3n) is 4.39. The van der Waals surface area contributed by atoms with Crippen molar-refractivity contribution in [2.24, 2.45) is 0 Å². The molecule has 0 N–H and O–H groups in total. The number of rotatable bonds is 5. The lowest BCUT2D eigenvalue weighted by molar-refractivity contribution is 0.0818. The van der Waals surface area contributed by atoms with Gasteiger partial charge in [0.25, 0.3) is 5.91 Å². The van der Waals surface area contributed by atoms with E-state index in [0.29, 0.717) is 10.8 Å². The van der Waals surface area contributed by atoms with Crippen LogP contribution in [-0.4, -0.2) is 22.3 Å². The lowest BCUT2D eigenvalue weighted by atomic mass is 10.0. The minimum atomic E-state index is -0.197. The average molecular weight is 369 g/mol. The van der Waals surface area contributed by atoms with Crippen molar-refractivity contribution in [2.75, 3.05) is 6.61 Å². The van der Waals surface area contributed by atoms with Crippen LogP contribution >= 0.6 is 11.6 Å². The van der Waals surface area contributed by atoms with Crippen LogP contribution in [0.3, 0.4) is 0 Å². The molecule has 0 fully saturated rings. The van der Waals surface area contributed by atoms with Gasteiger partial charge in [0.15, 0.2) is 6.61 Å². The Morgan fingerprint density at radius 2 is 1.85 bits per heavy atom. The Bertz CT molecular complexity index is 933. The molecule has 2 aromatic carbocycles. The van der Waals surface area contributed by atoms with Crippen molar-refractivity contribution in [1.29, 1.82) is 0 Å². The van der Waals surface area contributed by atoms with E-state index < -0.39 is 0 Å². The van der Waals surface area contributed by atoms with Gasteiger partial charge >= 0.3 is 0 Å². The summed E-state index contributed by atoms with van der Waals surface area (Å²) >= 11 is 6.01. The van der Waals surface area contributed by atoms with E-state index in [1.165, 1.54) is 10.2 Å². The minimum Gasteiger partial charge on any atom is -0.484 e. The van der Waals surface area contributed by atoms with Crippen LogP contribution in [0.15, 0.2) is 48.5 Å². The van der Waals surface area contributed by atoms with E-state index in [2.05, 4.69) is 17.2 Å². The minimum absolute atomic E-state index is 0.0756. The third kappa shape index (κ3) is 3.97. The summed E-state index contributed by atoms with van der Waals surface area (Å²) in [7, 11) is 0. The molecule has 0 atom stereocenters. The predicted molar refractivity (Wildman–Crippen MR) is 103 cm³/mol. The smallest absolute Gasteiger partial charge is 0.284 e. The number of ether oxygens (including phenoxy) is 1. The monoisotopic (exact) mass is 368 g/mol. The van der Waals surface area contributed by atoms with Crippen LogP contribution in [0.2, 0.25) is 5.02 Å². The molecule has 3 rings (SSSR count). The van der Waals surface area contributed by atoms with Crippen LogP contribution in [0.4, 0.5) is 0 Å². The van der Waals surface area contributed by atoms with Crippen molar-refractivity contribution in [3.05, 3.63) is 81.6 Å². The molecule has 0 aliphatic carbocycles. The van der Waals surface area contributed by atoms with Gasteiger partial charge in [-0.05, 0) is 50.1 Å².